The first-order valence-corrected chi connectivity index (χ1v) is 9.53. The molecule has 8 heteroatoms. The molecule has 2 aliphatic rings. The number of nitrogens with one attached hydrogen (secondary N) is 1. The Kier molecular flexibility index (Phi) is 6.59. The van der Waals surface area contributed by atoms with E-state index in [-0.39, 0.29) is 24.1 Å². The highest BCUT2D eigenvalue weighted by atomic mass is 35.5. The highest BCUT2D eigenvalue weighted by molar-refractivity contribution is 5.85. The number of ether oxygens (including phenoxy) is 1. The Labute approximate surface area is 171 Å². The monoisotopic (exact) mass is 405 g/mol. The smallest absolute Gasteiger partial charge is 0.293 e. The predicted octanol–water partition coefficient (Wildman–Crippen LogP) is 1.51. The van der Waals surface area contributed by atoms with Gasteiger partial charge in [-0.1, -0.05) is 18.2 Å². The molecule has 7 nitrogen and oxygen atoms in total. The molecule has 2 aliphatic heterocycles. The average molecular weight is 406 g/mol. The fourth-order valence-corrected chi connectivity index (χ4v) is 3.96. The lowest BCUT2D eigenvalue weighted by atomic mass is 10.1. The molecule has 0 saturated carbocycles. The third kappa shape index (κ3) is 4.32. The summed E-state index contributed by atoms with van der Waals surface area (Å²) in [6, 6.07) is 6.58. The molecule has 0 bridgehead atoms. The second-order valence-corrected chi connectivity index (χ2v) is 7.40. The number of anilines is 2. The van der Waals surface area contributed by atoms with Gasteiger partial charge in [-0.15, -0.1) is 12.4 Å². The maximum atomic E-state index is 12.3. The number of fused-ring (bicyclic) bond motifs is 1. The second-order valence-electron chi connectivity index (χ2n) is 7.40. The zero-order valence-corrected chi connectivity index (χ0v) is 17.2. The largest absolute Gasteiger partial charge is 0.384 e. The Morgan fingerprint density at radius 1 is 1.39 bits per heavy atom. The molecule has 0 aliphatic carbocycles. The van der Waals surface area contributed by atoms with Gasteiger partial charge in [0, 0.05) is 64.9 Å². The second kappa shape index (κ2) is 8.94. The molecule has 0 spiro atoms. The molecule has 0 amide bonds. The highest BCUT2D eigenvalue weighted by Gasteiger charge is 2.24. The summed E-state index contributed by atoms with van der Waals surface area (Å²) in [6.45, 7) is 5.08. The van der Waals surface area contributed by atoms with Crippen LogP contribution in [0.25, 0.3) is 0 Å². The molecule has 1 aromatic heterocycles. The van der Waals surface area contributed by atoms with Gasteiger partial charge in [-0.3, -0.25) is 9.69 Å². The summed E-state index contributed by atoms with van der Waals surface area (Å²) >= 11 is 0. The standard InChI is InChI=1S/C20H27N5O2.ClH/c1-23-9-8-22-19(20(23)26)24(2)13-17-14-25(10-11-27-17)12-16-5-3-4-15-6-7-21-18(15)16;/h3-5,8-9,17,21H,6-7,10-14H2,1-2H3;1H. The zero-order chi connectivity index (χ0) is 18.8. The van der Waals surface area contributed by atoms with E-state index in [9.17, 15) is 4.79 Å². The molecule has 1 unspecified atom stereocenters. The number of aryl methyl sites for hydroxylation is 1. The summed E-state index contributed by atoms with van der Waals surface area (Å²) < 4.78 is 7.52. The Bertz CT molecular complexity index is 872. The molecule has 1 atom stereocenters. The molecule has 28 heavy (non-hydrogen) atoms. The summed E-state index contributed by atoms with van der Waals surface area (Å²) in [5.74, 6) is 0.464. The Morgan fingerprint density at radius 3 is 3.11 bits per heavy atom. The predicted molar refractivity (Wildman–Crippen MR) is 114 cm³/mol. The van der Waals surface area contributed by atoms with Gasteiger partial charge in [0.05, 0.1) is 12.7 Å². The fraction of sp³-hybridized carbons (Fsp3) is 0.500. The van der Waals surface area contributed by atoms with Crippen LogP contribution in [0.4, 0.5) is 11.5 Å². The number of rotatable bonds is 5. The minimum Gasteiger partial charge on any atom is -0.384 e. The van der Waals surface area contributed by atoms with E-state index in [1.165, 1.54) is 16.8 Å². The van der Waals surface area contributed by atoms with Crippen LogP contribution in [-0.4, -0.2) is 60.4 Å². The zero-order valence-electron chi connectivity index (χ0n) is 16.4. The SMILES string of the molecule is CN(CC1CN(Cc2cccc3c2NCC3)CCO1)c1nccn(C)c1=O.Cl. The Balaban J connectivity index is 0.00000225. The fourth-order valence-electron chi connectivity index (χ4n) is 3.96. The van der Waals surface area contributed by atoms with E-state index < -0.39 is 0 Å². The highest BCUT2D eigenvalue weighted by Crippen LogP contribution is 2.27. The maximum Gasteiger partial charge on any atom is 0.293 e. The quantitative estimate of drug-likeness (QED) is 0.813. The number of para-hydroxylation sites is 1. The van der Waals surface area contributed by atoms with Crippen LogP contribution < -0.4 is 15.8 Å². The van der Waals surface area contributed by atoms with Gasteiger partial charge in [0.15, 0.2) is 5.82 Å². The van der Waals surface area contributed by atoms with Gasteiger partial charge in [-0.25, -0.2) is 4.98 Å². The summed E-state index contributed by atoms with van der Waals surface area (Å²) in [7, 11) is 3.65. The summed E-state index contributed by atoms with van der Waals surface area (Å²) in [6.07, 6.45) is 4.49. The van der Waals surface area contributed by atoms with E-state index in [2.05, 4.69) is 33.4 Å². The number of morpholine rings is 1. The molecule has 1 aromatic carbocycles. The molecule has 1 fully saturated rings. The Hall–Kier alpha value is -2.09. The van der Waals surface area contributed by atoms with Crippen molar-refractivity contribution in [2.45, 2.75) is 19.1 Å². The van der Waals surface area contributed by atoms with Crippen molar-refractivity contribution in [2.24, 2.45) is 7.05 Å². The van der Waals surface area contributed by atoms with Gasteiger partial charge in [0.1, 0.15) is 0 Å². The van der Waals surface area contributed by atoms with E-state index in [1.807, 2.05) is 11.9 Å². The lowest BCUT2D eigenvalue weighted by molar-refractivity contribution is -0.0264. The Morgan fingerprint density at radius 2 is 2.25 bits per heavy atom. The number of hydrogen-bond donors (Lipinski definition) is 1. The number of halogens is 1. The molecular formula is C20H28ClN5O2. The van der Waals surface area contributed by atoms with Crippen molar-refractivity contribution < 1.29 is 4.74 Å². The van der Waals surface area contributed by atoms with Gasteiger partial charge >= 0.3 is 0 Å². The average Bonchev–Trinajstić information content (AvgIpc) is 3.14. The number of aromatic nitrogens is 2. The van der Waals surface area contributed by atoms with Crippen LogP contribution in [0.3, 0.4) is 0 Å². The van der Waals surface area contributed by atoms with Crippen molar-refractivity contribution >= 4 is 23.9 Å². The van der Waals surface area contributed by atoms with E-state index in [0.29, 0.717) is 19.0 Å². The van der Waals surface area contributed by atoms with Crippen LogP contribution >= 0.6 is 12.4 Å². The van der Waals surface area contributed by atoms with E-state index in [1.54, 1.807) is 24.0 Å². The minimum absolute atomic E-state index is 0. The van der Waals surface area contributed by atoms with Crippen molar-refractivity contribution in [1.82, 2.24) is 14.5 Å². The first-order chi connectivity index (χ1) is 13.1. The van der Waals surface area contributed by atoms with Crippen LogP contribution in [0, 0.1) is 0 Å². The van der Waals surface area contributed by atoms with Crippen LogP contribution in [0.15, 0.2) is 35.4 Å². The molecule has 152 valence electrons. The van der Waals surface area contributed by atoms with Crippen LogP contribution in [0.5, 0.6) is 0 Å². The molecule has 3 heterocycles. The number of nitrogens with zero attached hydrogens (tertiary/aromatic N) is 4. The summed E-state index contributed by atoms with van der Waals surface area (Å²) in [5.41, 5.74) is 4.01. The molecular weight excluding hydrogens is 378 g/mol. The number of benzene rings is 1. The lowest BCUT2D eigenvalue weighted by Crippen LogP contribution is -2.47. The van der Waals surface area contributed by atoms with E-state index in [4.69, 9.17) is 4.74 Å². The van der Waals surface area contributed by atoms with Gasteiger partial charge in [-0.05, 0) is 17.5 Å². The molecule has 2 aromatic rings. The van der Waals surface area contributed by atoms with Crippen molar-refractivity contribution in [2.75, 3.05) is 50.1 Å². The van der Waals surface area contributed by atoms with Gasteiger partial charge in [-0.2, -0.15) is 0 Å². The van der Waals surface area contributed by atoms with E-state index >= 15 is 0 Å². The van der Waals surface area contributed by atoms with Crippen LogP contribution in [0.1, 0.15) is 11.1 Å². The topological polar surface area (TPSA) is 62.6 Å². The summed E-state index contributed by atoms with van der Waals surface area (Å²) in [5, 5.41) is 3.52. The minimum atomic E-state index is -0.0846. The van der Waals surface area contributed by atoms with Crippen molar-refractivity contribution in [3.63, 3.8) is 0 Å². The molecule has 1 N–H and O–H groups in total. The van der Waals surface area contributed by atoms with Gasteiger partial charge < -0.3 is 19.5 Å². The first-order valence-electron chi connectivity index (χ1n) is 9.53. The number of hydrogen-bond acceptors (Lipinski definition) is 6. The molecule has 1 saturated heterocycles. The van der Waals surface area contributed by atoms with Crippen molar-refractivity contribution in [3.8, 4) is 0 Å². The number of likely N-dealkylation sites (N-methyl/N-ethyl adjacent to an activating group) is 1. The van der Waals surface area contributed by atoms with Gasteiger partial charge in [0.25, 0.3) is 5.56 Å². The first kappa shape index (κ1) is 20.6. The molecule has 4 rings (SSSR count). The van der Waals surface area contributed by atoms with Crippen LogP contribution in [-0.2, 0) is 24.8 Å². The third-order valence-corrected chi connectivity index (χ3v) is 5.39. The van der Waals surface area contributed by atoms with Crippen molar-refractivity contribution in [1.29, 1.82) is 0 Å². The van der Waals surface area contributed by atoms with E-state index in [0.717, 1.165) is 32.6 Å². The maximum absolute atomic E-state index is 12.3. The normalized spacial score (nSPS) is 18.9. The molecule has 0 radical (unpaired) electrons. The van der Waals surface area contributed by atoms with Gasteiger partial charge in [0.2, 0.25) is 0 Å². The lowest BCUT2D eigenvalue weighted by Gasteiger charge is -2.35. The van der Waals surface area contributed by atoms with Crippen molar-refractivity contribution in [3.05, 3.63) is 52.1 Å². The third-order valence-electron chi connectivity index (χ3n) is 5.39. The summed E-state index contributed by atoms with van der Waals surface area (Å²) in [4.78, 5) is 20.9. The van der Waals surface area contributed by atoms with Crippen LogP contribution in [0.2, 0.25) is 0 Å².